The quantitative estimate of drug-likeness (QED) is 0.470. The van der Waals surface area contributed by atoms with Crippen LogP contribution < -0.4 is 5.84 Å². The van der Waals surface area contributed by atoms with Gasteiger partial charge in [-0.3, -0.25) is 0 Å². The number of nitrogens with one attached hydrogen (secondary N) is 1. The number of nitrogens with two attached hydrogens (primary N) is 1. The maximum atomic E-state index is 5.49. The van der Waals surface area contributed by atoms with Gasteiger partial charge in [-0.2, -0.15) is 5.21 Å². The topological polar surface area (TPSA) is 111 Å². The fourth-order valence-corrected chi connectivity index (χ4v) is 1.39. The number of aromatic nitrogens is 7. The molecular weight excluding hydrogens is 192 g/mol. The van der Waals surface area contributed by atoms with Gasteiger partial charge in [0.05, 0.1) is 5.75 Å². The molecule has 8 nitrogen and oxygen atoms in total. The molecule has 13 heavy (non-hydrogen) atoms. The van der Waals surface area contributed by atoms with Gasteiger partial charge < -0.3 is 5.84 Å². The number of H-pyrrole nitrogens is 1. The number of nitrogen functional groups attached to an aromatic ring is 1. The van der Waals surface area contributed by atoms with Crippen LogP contribution in [0.4, 0.5) is 0 Å². The number of hydrogen-bond donors (Lipinski definition) is 2. The van der Waals surface area contributed by atoms with Crippen LogP contribution in [-0.2, 0) is 5.75 Å². The summed E-state index contributed by atoms with van der Waals surface area (Å²) in [5, 5.41) is 21.4. The lowest BCUT2D eigenvalue weighted by Crippen LogP contribution is -2.07. The highest BCUT2D eigenvalue weighted by atomic mass is 32.2. The van der Waals surface area contributed by atoms with Crippen molar-refractivity contribution in [2.24, 2.45) is 0 Å². The number of tetrazole rings is 1. The van der Waals surface area contributed by atoms with Crippen LogP contribution in [0.1, 0.15) is 5.82 Å². The first-order valence-corrected chi connectivity index (χ1v) is 4.35. The summed E-state index contributed by atoms with van der Waals surface area (Å²) in [5.41, 5.74) is 0. The van der Waals surface area contributed by atoms with Gasteiger partial charge in [0.25, 0.3) is 0 Å². The first-order chi connectivity index (χ1) is 6.36. The molecule has 2 heterocycles. The number of nitrogens with zero attached hydrogens (tertiary/aromatic N) is 6. The monoisotopic (exact) mass is 198 g/mol. The Hall–Kier alpha value is -1.64. The summed E-state index contributed by atoms with van der Waals surface area (Å²) in [6.07, 6.45) is 1.43. The summed E-state index contributed by atoms with van der Waals surface area (Å²) in [6, 6.07) is 0. The lowest BCUT2D eigenvalue weighted by molar-refractivity contribution is 0.844. The molecule has 0 amide bonds. The van der Waals surface area contributed by atoms with E-state index in [0.717, 1.165) is 0 Å². The smallest absolute Gasteiger partial charge is 0.209 e. The SMILES string of the molecule is Nn1cnnc1SCc1nn[nH]n1. The number of aromatic amines is 1. The van der Waals surface area contributed by atoms with E-state index in [-0.39, 0.29) is 0 Å². The van der Waals surface area contributed by atoms with Gasteiger partial charge in [0.15, 0.2) is 5.82 Å². The van der Waals surface area contributed by atoms with Crippen molar-refractivity contribution in [1.29, 1.82) is 0 Å². The first-order valence-electron chi connectivity index (χ1n) is 3.36. The molecular formula is C4H6N8S. The molecule has 0 saturated carbocycles. The molecule has 0 aliphatic heterocycles. The number of thioether (sulfide) groups is 1. The Labute approximate surface area is 76.9 Å². The summed E-state index contributed by atoms with van der Waals surface area (Å²) >= 11 is 1.39. The van der Waals surface area contributed by atoms with E-state index in [9.17, 15) is 0 Å². The zero-order chi connectivity index (χ0) is 9.10. The third-order valence-electron chi connectivity index (χ3n) is 1.26. The highest BCUT2D eigenvalue weighted by molar-refractivity contribution is 7.98. The zero-order valence-corrected chi connectivity index (χ0v) is 7.27. The second-order valence-corrected chi connectivity index (χ2v) is 3.08. The summed E-state index contributed by atoms with van der Waals surface area (Å²) < 4.78 is 1.34. The second kappa shape index (κ2) is 3.39. The van der Waals surface area contributed by atoms with Crippen molar-refractivity contribution >= 4 is 11.8 Å². The van der Waals surface area contributed by atoms with E-state index >= 15 is 0 Å². The van der Waals surface area contributed by atoms with Crippen molar-refractivity contribution in [2.75, 3.05) is 5.84 Å². The highest BCUT2D eigenvalue weighted by Crippen LogP contribution is 2.15. The van der Waals surface area contributed by atoms with E-state index in [1.54, 1.807) is 0 Å². The van der Waals surface area contributed by atoms with E-state index in [0.29, 0.717) is 16.7 Å². The van der Waals surface area contributed by atoms with E-state index in [1.807, 2.05) is 0 Å². The summed E-state index contributed by atoms with van der Waals surface area (Å²) in [7, 11) is 0. The molecule has 0 aromatic carbocycles. The van der Waals surface area contributed by atoms with Crippen molar-refractivity contribution in [3.05, 3.63) is 12.2 Å². The molecule has 9 heteroatoms. The van der Waals surface area contributed by atoms with Crippen LogP contribution in [0.2, 0.25) is 0 Å². The second-order valence-electron chi connectivity index (χ2n) is 2.14. The van der Waals surface area contributed by atoms with Crippen molar-refractivity contribution in [3.63, 3.8) is 0 Å². The van der Waals surface area contributed by atoms with Crippen LogP contribution in [0.3, 0.4) is 0 Å². The predicted molar refractivity (Wildman–Crippen MR) is 43.9 cm³/mol. The molecule has 0 atom stereocenters. The van der Waals surface area contributed by atoms with Gasteiger partial charge in [-0.15, -0.1) is 20.4 Å². The number of hydrogen-bond acceptors (Lipinski definition) is 7. The van der Waals surface area contributed by atoms with Crippen LogP contribution >= 0.6 is 11.8 Å². The summed E-state index contributed by atoms with van der Waals surface area (Å²) in [6.45, 7) is 0. The van der Waals surface area contributed by atoms with Gasteiger partial charge in [0.1, 0.15) is 6.33 Å². The Kier molecular flexibility index (Phi) is 2.08. The van der Waals surface area contributed by atoms with Crippen LogP contribution in [0.25, 0.3) is 0 Å². The molecule has 0 aliphatic rings. The molecule has 0 radical (unpaired) electrons. The minimum absolute atomic E-state index is 0.562. The van der Waals surface area contributed by atoms with E-state index in [4.69, 9.17) is 5.84 Å². The summed E-state index contributed by atoms with van der Waals surface area (Å²) in [4.78, 5) is 0. The standard InChI is InChI=1S/C4H6N8S/c5-12-2-6-9-4(12)13-1-3-7-10-11-8-3/h2H,1,5H2,(H,7,8,10,11). The molecule has 2 rings (SSSR count). The third-order valence-corrected chi connectivity index (χ3v) is 2.21. The average Bonchev–Trinajstić information content (AvgIpc) is 2.72. The van der Waals surface area contributed by atoms with Crippen molar-refractivity contribution < 1.29 is 0 Å². The summed E-state index contributed by atoms with van der Waals surface area (Å²) in [5.74, 6) is 6.65. The maximum Gasteiger partial charge on any atom is 0.209 e. The molecule has 3 N–H and O–H groups in total. The van der Waals surface area contributed by atoms with Crippen LogP contribution in [0, 0.1) is 0 Å². The minimum atomic E-state index is 0.562. The molecule has 0 bridgehead atoms. The van der Waals surface area contributed by atoms with Crippen LogP contribution in [0.5, 0.6) is 0 Å². The Morgan fingerprint density at radius 2 is 2.46 bits per heavy atom. The lowest BCUT2D eigenvalue weighted by Gasteiger charge is -1.95. The van der Waals surface area contributed by atoms with E-state index in [2.05, 4.69) is 30.8 Å². The number of rotatable bonds is 3. The molecule has 0 aliphatic carbocycles. The lowest BCUT2D eigenvalue weighted by atomic mass is 10.8. The normalized spacial score (nSPS) is 10.5. The fraction of sp³-hybridized carbons (Fsp3) is 0.250. The molecule has 0 spiro atoms. The van der Waals surface area contributed by atoms with E-state index in [1.165, 1.54) is 22.8 Å². The van der Waals surface area contributed by atoms with E-state index < -0.39 is 0 Å². The predicted octanol–water partition coefficient (Wildman–Crippen LogP) is -1.20. The Balaban J connectivity index is 1.97. The molecule has 68 valence electrons. The van der Waals surface area contributed by atoms with Crippen molar-refractivity contribution in [1.82, 2.24) is 35.5 Å². The fourth-order valence-electron chi connectivity index (χ4n) is 0.708. The highest BCUT2D eigenvalue weighted by Gasteiger charge is 2.04. The van der Waals surface area contributed by atoms with Crippen LogP contribution in [0.15, 0.2) is 11.5 Å². The molecule has 0 fully saturated rings. The third kappa shape index (κ3) is 1.75. The molecule has 2 aromatic heterocycles. The Bertz CT molecular complexity index is 365. The van der Waals surface area contributed by atoms with Gasteiger partial charge in [-0.05, 0) is 0 Å². The Morgan fingerprint density at radius 3 is 3.08 bits per heavy atom. The zero-order valence-electron chi connectivity index (χ0n) is 6.45. The minimum Gasteiger partial charge on any atom is -0.336 e. The maximum absolute atomic E-state index is 5.49. The van der Waals surface area contributed by atoms with Gasteiger partial charge in [0.2, 0.25) is 5.16 Å². The molecule has 0 saturated heterocycles. The van der Waals surface area contributed by atoms with Gasteiger partial charge in [-0.1, -0.05) is 17.0 Å². The van der Waals surface area contributed by atoms with Gasteiger partial charge >= 0.3 is 0 Å². The van der Waals surface area contributed by atoms with Crippen LogP contribution in [-0.4, -0.2) is 35.5 Å². The van der Waals surface area contributed by atoms with Gasteiger partial charge in [0, 0.05) is 0 Å². The van der Waals surface area contributed by atoms with Crippen molar-refractivity contribution in [3.8, 4) is 0 Å². The average molecular weight is 198 g/mol. The van der Waals surface area contributed by atoms with Gasteiger partial charge in [-0.25, -0.2) is 4.68 Å². The Morgan fingerprint density at radius 1 is 1.54 bits per heavy atom. The molecule has 2 aromatic rings. The largest absolute Gasteiger partial charge is 0.336 e. The first kappa shape index (κ1) is 7.98. The van der Waals surface area contributed by atoms with Crippen molar-refractivity contribution in [2.45, 2.75) is 10.9 Å². The molecule has 0 unspecified atom stereocenters.